The van der Waals surface area contributed by atoms with Gasteiger partial charge in [0.05, 0.1) is 14.4 Å². The molecule has 0 aliphatic carbocycles. The number of hydrogen-bond donors (Lipinski definition) is 4. The van der Waals surface area contributed by atoms with Crippen LogP contribution in [0.25, 0.3) is 0 Å². The molecular weight excluding hydrogens is 287 g/mol. The fraction of sp³-hybridized carbons (Fsp3) is 0.833. The van der Waals surface area contributed by atoms with Crippen LogP contribution in [-0.4, -0.2) is 95.5 Å². The minimum Gasteiger partial charge on any atom is -0.790 e. The summed E-state index contributed by atoms with van der Waals surface area (Å²) >= 11 is 0. The van der Waals surface area contributed by atoms with Gasteiger partial charge in [0.15, 0.2) is 5.78 Å². The van der Waals surface area contributed by atoms with Crippen LogP contribution in [0.1, 0.15) is 0 Å². The maximum absolute atomic E-state index is 10.7. The number of hydrogen-bond acceptors (Lipinski definition) is 9. The van der Waals surface area contributed by atoms with E-state index in [4.69, 9.17) is 20.4 Å². The Morgan fingerprint density at radius 3 is 2.12 bits per heavy atom. The number of carbonyl (C=O) groups is 1. The molecule has 0 aliphatic rings. The van der Waals surface area contributed by atoms with Crippen LogP contribution in [0.3, 0.4) is 0 Å². The molecule has 4 N–H and O–H groups in total. The number of phosphoric acid groups is 1. The maximum atomic E-state index is 10.7. The van der Waals surface area contributed by atoms with Gasteiger partial charge in [0.2, 0.25) is 0 Å². The first-order valence-electron chi connectivity index (χ1n) is 4.03. The van der Waals surface area contributed by atoms with Crippen molar-refractivity contribution in [3.05, 3.63) is 0 Å². The summed E-state index contributed by atoms with van der Waals surface area (Å²) in [7, 11) is -5.31. The van der Waals surface area contributed by atoms with Crippen LogP contribution in [0.5, 0.6) is 0 Å². The second-order valence-corrected chi connectivity index (χ2v) is 4.02. The minimum atomic E-state index is -5.31. The number of aliphatic hydroxyl groups is 4. The molecule has 0 saturated heterocycles. The molecule has 0 heterocycles. The SMILES string of the molecule is O=C(CO)[C@@H](O)[C@H](O)[C@H](O)COP(=O)([O-])[O-].[Ca+2]. The first kappa shape index (κ1) is 20.2. The Labute approximate surface area is 126 Å². The van der Waals surface area contributed by atoms with Crippen molar-refractivity contribution in [3.63, 3.8) is 0 Å². The smallest absolute Gasteiger partial charge is 0.790 e. The molecule has 0 bridgehead atoms. The Balaban J connectivity index is 0. The van der Waals surface area contributed by atoms with Gasteiger partial charge < -0.3 is 39.3 Å². The van der Waals surface area contributed by atoms with Gasteiger partial charge >= 0.3 is 37.7 Å². The van der Waals surface area contributed by atoms with E-state index in [1.807, 2.05) is 0 Å². The molecule has 0 aromatic heterocycles. The van der Waals surface area contributed by atoms with Gasteiger partial charge in [-0.05, 0) is 0 Å². The summed E-state index contributed by atoms with van der Waals surface area (Å²) in [5.74, 6) is -1.17. The average molecular weight is 298 g/mol. The van der Waals surface area contributed by atoms with E-state index in [0.717, 1.165) is 0 Å². The summed E-state index contributed by atoms with van der Waals surface area (Å²) in [6.45, 7) is -2.16. The number of carbonyl (C=O) groups excluding carboxylic acids is 1. The van der Waals surface area contributed by atoms with Crippen LogP contribution in [0.4, 0.5) is 0 Å². The van der Waals surface area contributed by atoms with E-state index in [9.17, 15) is 19.1 Å². The summed E-state index contributed by atoms with van der Waals surface area (Å²) in [5.41, 5.74) is 0. The second-order valence-electron chi connectivity index (χ2n) is 2.87. The van der Waals surface area contributed by atoms with Gasteiger partial charge in [0, 0.05) is 0 Å². The Bertz CT molecular complexity index is 279. The molecule has 0 radical (unpaired) electrons. The summed E-state index contributed by atoms with van der Waals surface area (Å²) in [6.07, 6.45) is -6.12. The van der Waals surface area contributed by atoms with Gasteiger partial charge in [-0.2, -0.15) is 0 Å². The molecule has 9 nitrogen and oxygen atoms in total. The average Bonchev–Trinajstić information content (AvgIpc) is 2.21. The summed E-state index contributed by atoms with van der Waals surface area (Å²) in [5, 5.41) is 35.4. The normalized spacial score (nSPS) is 16.8. The number of rotatable bonds is 7. The van der Waals surface area contributed by atoms with Crippen molar-refractivity contribution >= 4 is 51.3 Å². The Morgan fingerprint density at radius 2 is 1.76 bits per heavy atom. The van der Waals surface area contributed by atoms with Crippen molar-refractivity contribution in [2.24, 2.45) is 0 Å². The van der Waals surface area contributed by atoms with Gasteiger partial charge in [-0.3, -0.25) is 4.79 Å². The standard InChI is InChI=1S/C6H13O9P.Ca/c7-1-3(8)5(10)6(11)4(9)2-15-16(12,13)14;/h4-7,9-11H,1-2H2,(H2,12,13,14);/q;+2/p-2/t4-,5-,6-;/m1./s1. The maximum Gasteiger partial charge on any atom is 2.00 e. The van der Waals surface area contributed by atoms with Gasteiger partial charge in [0.1, 0.15) is 24.9 Å². The van der Waals surface area contributed by atoms with Crippen LogP contribution in [0.2, 0.25) is 0 Å². The van der Waals surface area contributed by atoms with E-state index < -0.39 is 45.1 Å². The van der Waals surface area contributed by atoms with Crippen LogP contribution in [0, 0.1) is 0 Å². The molecule has 0 aliphatic heterocycles. The van der Waals surface area contributed by atoms with Crippen LogP contribution in [0.15, 0.2) is 0 Å². The van der Waals surface area contributed by atoms with E-state index in [-0.39, 0.29) is 37.7 Å². The van der Waals surface area contributed by atoms with E-state index in [1.165, 1.54) is 0 Å². The van der Waals surface area contributed by atoms with Crippen molar-refractivity contribution in [2.45, 2.75) is 18.3 Å². The molecule has 0 rings (SSSR count). The van der Waals surface area contributed by atoms with Gasteiger partial charge in [-0.15, -0.1) is 0 Å². The molecule has 0 unspecified atom stereocenters. The van der Waals surface area contributed by atoms with Crippen LogP contribution < -0.4 is 9.79 Å². The Kier molecular flexibility index (Phi) is 10.6. The number of phosphoric ester groups is 1. The van der Waals surface area contributed by atoms with Crippen molar-refractivity contribution < 1.29 is 44.1 Å². The predicted molar refractivity (Wildman–Crippen MR) is 49.4 cm³/mol. The van der Waals surface area contributed by atoms with Crippen molar-refractivity contribution in [3.8, 4) is 0 Å². The van der Waals surface area contributed by atoms with E-state index in [0.29, 0.717) is 0 Å². The van der Waals surface area contributed by atoms with Crippen LogP contribution in [-0.2, 0) is 13.9 Å². The largest absolute Gasteiger partial charge is 2.00 e. The minimum absolute atomic E-state index is 0. The third kappa shape index (κ3) is 8.57. The molecule has 0 saturated carbocycles. The third-order valence-corrected chi connectivity index (χ3v) is 2.07. The topological polar surface area (TPSA) is 170 Å². The van der Waals surface area contributed by atoms with Gasteiger partial charge in [-0.25, -0.2) is 0 Å². The van der Waals surface area contributed by atoms with E-state index in [1.54, 1.807) is 0 Å². The van der Waals surface area contributed by atoms with E-state index in [2.05, 4.69) is 4.52 Å². The Hall–Kier alpha value is 0.880. The molecule has 17 heavy (non-hydrogen) atoms. The Morgan fingerprint density at radius 1 is 1.29 bits per heavy atom. The van der Waals surface area contributed by atoms with Gasteiger partial charge in [-0.1, -0.05) is 0 Å². The van der Waals surface area contributed by atoms with E-state index >= 15 is 0 Å². The first-order chi connectivity index (χ1) is 7.19. The third-order valence-electron chi connectivity index (χ3n) is 1.61. The molecule has 3 atom stereocenters. The molecule has 0 fully saturated rings. The van der Waals surface area contributed by atoms with Crippen molar-refractivity contribution in [1.29, 1.82) is 0 Å². The fourth-order valence-corrected chi connectivity index (χ4v) is 1.10. The molecule has 11 heteroatoms. The first-order valence-corrected chi connectivity index (χ1v) is 5.49. The molecule has 96 valence electrons. The number of aliphatic hydroxyl groups excluding tert-OH is 4. The molecule has 0 aromatic carbocycles. The summed E-state index contributed by atoms with van der Waals surface area (Å²) in [4.78, 5) is 30.7. The zero-order valence-corrected chi connectivity index (χ0v) is 11.7. The number of Topliss-reactive ketones (excluding diaryl/α,β-unsaturated/α-hetero) is 1. The molecular formula is C6H11CaO9P. The van der Waals surface area contributed by atoms with Gasteiger partial charge in [0.25, 0.3) is 0 Å². The van der Waals surface area contributed by atoms with Crippen molar-refractivity contribution in [2.75, 3.05) is 13.2 Å². The second kappa shape index (κ2) is 8.89. The predicted octanol–water partition coefficient (Wildman–Crippen LogP) is -4.90. The molecule has 0 spiro atoms. The monoisotopic (exact) mass is 298 g/mol. The summed E-state index contributed by atoms with van der Waals surface area (Å²) in [6, 6.07) is 0. The quantitative estimate of drug-likeness (QED) is 0.265. The fourth-order valence-electron chi connectivity index (χ4n) is 0.761. The zero-order valence-electron chi connectivity index (χ0n) is 8.63. The molecule has 0 amide bonds. The zero-order chi connectivity index (χ0) is 12.9. The van der Waals surface area contributed by atoms with Crippen LogP contribution >= 0.6 is 7.82 Å². The molecule has 0 aromatic rings. The van der Waals surface area contributed by atoms with Crippen molar-refractivity contribution in [1.82, 2.24) is 0 Å². The summed E-state index contributed by atoms with van der Waals surface area (Å²) < 4.78 is 13.6. The number of ketones is 1.